The van der Waals surface area contributed by atoms with Crippen LogP contribution in [0.1, 0.15) is 31.4 Å². The molecule has 24 heavy (non-hydrogen) atoms. The van der Waals surface area contributed by atoms with Gasteiger partial charge in [-0.15, -0.1) is 0 Å². The van der Waals surface area contributed by atoms with Gasteiger partial charge in [0.2, 0.25) is 5.91 Å². The van der Waals surface area contributed by atoms with Gasteiger partial charge in [-0.05, 0) is 51.0 Å². The Bertz CT molecular complexity index is 616. The minimum atomic E-state index is -0.237. The molecule has 1 heterocycles. The van der Waals surface area contributed by atoms with Gasteiger partial charge in [0.05, 0.1) is 12.6 Å². The Hall–Kier alpha value is -2.08. The van der Waals surface area contributed by atoms with E-state index in [-0.39, 0.29) is 37.2 Å². The lowest BCUT2D eigenvalue weighted by Gasteiger charge is -2.27. The van der Waals surface area contributed by atoms with Gasteiger partial charge in [-0.3, -0.25) is 4.79 Å². The predicted octanol–water partition coefficient (Wildman–Crippen LogP) is 1.82. The molecule has 0 radical (unpaired) electrons. The number of urea groups is 1. The summed E-state index contributed by atoms with van der Waals surface area (Å²) in [5, 5.41) is 12.0. The molecular weight excluding hydrogens is 306 g/mol. The van der Waals surface area contributed by atoms with E-state index in [0.717, 1.165) is 11.3 Å². The van der Waals surface area contributed by atoms with Crippen molar-refractivity contribution in [2.45, 2.75) is 46.2 Å². The van der Waals surface area contributed by atoms with Gasteiger partial charge in [0.15, 0.2) is 0 Å². The second kappa shape index (κ2) is 7.66. The van der Waals surface area contributed by atoms with Gasteiger partial charge in [-0.1, -0.05) is 6.07 Å². The van der Waals surface area contributed by atoms with Crippen molar-refractivity contribution in [1.82, 2.24) is 10.2 Å². The SMILES string of the molecule is Cc1ccc(N2C[C@H](NC(=O)N(CCO)C(C)C)CC2=O)cc1C. The molecule has 1 aliphatic heterocycles. The molecule has 2 N–H and O–H groups in total. The van der Waals surface area contributed by atoms with E-state index in [1.54, 1.807) is 9.80 Å². The number of rotatable bonds is 5. The Kier molecular flexibility index (Phi) is 5.83. The molecule has 1 atom stereocenters. The summed E-state index contributed by atoms with van der Waals surface area (Å²) in [5.74, 6) is 0.0156. The molecule has 0 unspecified atom stereocenters. The van der Waals surface area contributed by atoms with Crippen molar-refractivity contribution in [3.05, 3.63) is 29.3 Å². The summed E-state index contributed by atoms with van der Waals surface area (Å²) in [4.78, 5) is 28.0. The largest absolute Gasteiger partial charge is 0.395 e. The standard InChI is InChI=1S/C18H27N3O3/c1-12(2)20(7-8-22)18(24)19-15-10-17(23)21(11-15)16-6-5-13(3)14(4)9-16/h5-6,9,12,15,22H,7-8,10-11H2,1-4H3,(H,19,24)/t15-/m1/s1. The third kappa shape index (κ3) is 4.06. The van der Waals surface area contributed by atoms with Crippen molar-refractivity contribution in [2.24, 2.45) is 0 Å². The number of amides is 3. The van der Waals surface area contributed by atoms with Gasteiger partial charge in [0, 0.05) is 31.2 Å². The van der Waals surface area contributed by atoms with Crippen LogP contribution in [0.2, 0.25) is 0 Å². The summed E-state index contributed by atoms with van der Waals surface area (Å²) in [5.41, 5.74) is 3.20. The quantitative estimate of drug-likeness (QED) is 0.863. The molecule has 1 aromatic rings. The minimum Gasteiger partial charge on any atom is -0.395 e. The Balaban J connectivity index is 2.03. The fraction of sp³-hybridized carbons (Fsp3) is 0.556. The first kappa shape index (κ1) is 18.3. The van der Waals surface area contributed by atoms with Crippen LogP contribution in [0.5, 0.6) is 0 Å². The molecule has 6 nitrogen and oxygen atoms in total. The fourth-order valence-corrected chi connectivity index (χ4v) is 2.91. The normalized spacial score (nSPS) is 17.5. The number of carbonyl (C=O) groups excluding carboxylic acids is 2. The third-order valence-electron chi connectivity index (χ3n) is 4.48. The average molecular weight is 333 g/mol. The number of hydrogen-bond acceptors (Lipinski definition) is 3. The number of carbonyl (C=O) groups is 2. The van der Waals surface area contributed by atoms with Crippen molar-refractivity contribution >= 4 is 17.6 Å². The molecule has 1 fully saturated rings. The van der Waals surface area contributed by atoms with Crippen LogP contribution < -0.4 is 10.2 Å². The van der Waals surface area contributed by atoms with Gasteiger partial charge in [-0.2, -0.15) is 0 Å². The van der Waals surface area contributed by atoms with Gasteiger partial charge in [0.1, 0.15) is 0 Å². The van der Waals surface area contributed by atoms with Crippen LogP contribution in [0.3, 0.4) is 0 Å². The maximum absolute atomic E-state index is 12.4. The second-order valence-corrected chi connectivity index (χ2v) is 6.63. The Morgan fingerprint density at radius 1 is 1.38 bits per heavy atom. The first-order valence-electron chi connectivity index (χ1n) is 8.39. The van der Waals surface area contributed by atoms with Gasteiger partial charge >= 0.3 is 6.03 Å². The van der Waals surface area contributed by atoms with Crippen molar-refractivity contribution in [1.29, 1.82) is 0 Å². The van der Waals surface area contributed by atoms with Gasteiger partial charge in [-0.25, -0.2) is 4.79 Å². The summed E-state index contributed by atoms with van der Waals surface area (Å²) in [7, 11) is 0. The monoisotopic (exact) mass is 333 g/mol. The van der Waals surface area contributed by atoms with E-state index in [9.17, 15) is 9.59 Å². The van der Waals surface area contributed by atoms with E-state index in [1.807, 2.05) is 45.9 Å². The topological polar surface area (TPSA) is 72.9 Å². The highest BCUT2D eigenvalue weighted by molar-refractivity contribution is 5.97. The van der Waals surface area contributed by atoms with E-state index in [4.69, 9.17) is 5.11 Å². The zero-order valence-electron chi connectivity index (χ0n) is 14.9. The van der Waals surface area contributed by atoms with Crippen LogP contribution in [0.4, 0.5) is 10.5 Å². The number of nitrogens with one attached hydrogen (secondary N) is 1. The number of aryl methyl sites for hydroxylation is 2. The van der Waals surface area contributed by atoms with Crippen LogP contribution >= 0.6 is 0 Å². The molecule has 6 heteroatoms. The number of aliphatic hydroxyl groups excluding tert-OH is 1. The van der Waals surface area contributed by atoms with Crippen LogP contribution in [0, 0.1) is 13.8 Å². The summed E-state index contributed by atoms with van der Waals surface area (Å²) in [6, 6.07) is 5.49. The van der Waals surface area contributed by atoms with Crippen LogP contribution in [-0.4, -0.2) is 53.7 Å². The second-order valence-electron chi connectivity index (χ2n) is 6.63. The molecule has 1 saturated heterocycles. The molecule has 0 aliphatic carbocycles. The smallest absolute Gasteiger partial charge is 0.318 e. The number of benzene rings is 1. The van der Waals surface area contributed by atoms with Crippen LogP contribution in [0.15, 0.2) is 18.2 Å². The summed E-state index contributed by atoms with van der Waals surface area (Å²) >= 11 is 0. The van der Waals surface area contributed by atoms with E-state index >= 15 is 0 Å². The lowest BCUT2D eigenvalue weighted by molar-refractivity contribution is -0.117. The number of hydrogen-bond donors (Lipinski definition) is 2. The van der Waals surface area contributed by atoms with Crippen LogP contribution in [-0.2, 0) is 4.79 Å². The van der Waals surface area contributed by atoms with E-state index in [0.29, 0.717) is 13.0 Å². The van der Waals surface area contributed by atoms with E-state index < -0.39 is 0 Å². The highest BCUT2D eigenvalue weighted by atomic mass is 16.3. The van der Waals surface area contributed by atoms with Gasteiger partial charge in [0.25, 0.3) is 0 Å². The first-order valence-corrected chi connectivity index (χ1v) is 8.39. The molecule has 132 valence electrons. The molecular formula is C18H27N3O3. The molecule has 0 spiro atoms. The van der Waals surface area contributed by atoms with Crippen molar-refractivity contribution in [3.63, 3.8) is 0 Å². The fourth-order valence-electron chi connectivity index (χ4n) is 2.91. The van der Waals surface area contributed by atoms with E-state index in [1.165, 1.54) is 5.56 Å². The van der Waals surface area contributed by atoms with Gasteiger partial charge < -0.3 is 20.2 Å². The Morgan fingerprint density at radius 2 is 2.08 bits per heavy atom. The summed E-state index contributed by atoms with van der Waals surface area (Å²) < 4.78 is 0. The average Bonchev–Trinajstić information content (AvgIpc) is 2.87. The number of nitrogens with zero attached hydrogens (tertiary/aromatic N) is 2. The predicted molar refractivity (Wildman–Crippen MR) is 94.1 cm³/mol. The Labute approximate surface area is 143 Å². The zero-order chi connectivity index (χ0) is 17.9. The number of aliphatic hydroxyl groups is 1. The zero-order valence-corrected chi connectivity index (χ0v) is 14.9. The minimum absolute atomic E-state index is 0.00916. The molecule has 1 aromatic carbocycles. The summed E-state index contributed by atoms with van der Waals surface area (Å²) in [6.45, 7) is 8.53. The van der Waals surface area contributed by atoms with Crippen molar-refractivity contribution < 1.29 is 14.7 Å². The molecule has 0 bridgehead atoms. The first-order chi connectivity index (χ1) is 11.3. The summed E-state index contributed by atoms with van der Waals surface area (Å²) in [6.07, 6.45) is 0.295. The number of anilines is 1. The molecule has 0 aromatic heterocycles. The highest BCUT2D eigenvalue weighted by Crippen LogP contribution is 2.24. The maximum Gasteiger partial charge on any atom is 0.318 e. The Morgan fingerprint density at radius 3 is 2.67 bits per heavy atom. The van der Waals surface area contributed by atoms with Crippen molar-refractivity contribution in [3.8, 4) is 0 Å². The molecule has 0 saturated carbocycles. The van der Waals surface area contributed by atoms with Crippen molar-refractivity contribution in [2.75, 3.05) is 24.6 Å². The highest BCUT2D eigenvalue weighted by Gasteiger charge is 2.32. The lowest BCUT2D eigenvalue weighted by atomic mass is 10.1. The molecule has 3 amide bonds. The van der Waals surface area contributed by atoms with E-state index in [2.05, 4.69) is 5.32 Å². The van der Waals surface area contributed by atoms with Crippen LogP contribution in [0.25, 0.3) is 0 Å². The molecule has 1 aliphatic rings. The lowest BCUT2D eigenvalue weighted by Crippen LogP contribution is -2.49. The third-order valence-corrected chi connectivity index (χ3v) is 4.48. The molecule has 2 rings (SSSR count). The maximum atomic E-state index is 12.4.